The van der Waals surface area contributed by atoms with Gasteiger partial charge in [-0.15, -0.1) is 0 Å². The minimum absolute atomic E-state index is 0.744. The van der Waals surface area contributed by atoms with Crippen LogP contribution in [0.25, 0.3) is 0 Å². The van der Waals surface area contributed by atoms with Crippen LogP contribution in [0.15, 0.2) is 30.3 Å². The molecule has 0 aromatic heterocycles. The van der Waals surface area contributed by atoms with Crippen LogP contribution in [0.3, 0.4) is 0 Å². The summed E-state index contributed by atoms with van der Waals surface area (Å²) < 4.78 is 0. The van der Waals surface area contributed by atoms with E-state index in [9.17, 15) is 0 Å². The highest BCUT2D eigenvalue weighted by molar-refractivity contribution is 5.16. The molecule has 0 radical (unpaired) electrons. The van der Waals surface area contributed by atoms with E-state index >= 15 is 0 Å². The molecule has 1 aliphatic rings. The molecule has 3 unspecified atom stereocenters. The highest BCUT2D eigenvalue weighted by Gasteiger charge is 2.35. The molecule has 1 aliphatic heterocycles. The van der Waals surface area contributed by atoms with Crippen molar-refractivity contribution in [3.05, 3.63) is 35.9 Å². The number of nitrogens with zero attached hydrogens (tertiary/aromatic N) is 1. The van der Waals surface area contributed by atoms with Crippen molar-refractivity contribution in [2.75, 3.05) is 13.1 Å². The zero-order valence-corrected chi connectivity index (χ0v) is 17.2. The Morgan fingerprint density at radius 3 is 2.44 bits per heavy atom. The first-order chi connectivity index (χ1) is 12.1. The van der Waals surface area contributed by atoms with Crippen LogP contribution in [-0.2, 0) is 6.42 Å². The van der Waals surface area contributed by atoms with E-state index in [1.165, 1.54) is 70.0 Å². The molecule has 3 atom stereocenters. The van der Waals surface area contributed by atoms with Crippen molar-refractivity contribution in [1.82, 2.24) is 4.90 Å². The Morgan fingerprint density at radius 2 is 1.76 bits per heavy atom. The summed E-state index contributed by atoms with van der Waals surface area (Å²) in [6.07, 6.45) is 11.0. The van der Waals surface area contributed by atoms with Gasteiger partial charge in [-0.05, 0) is 62.1 Å². The van der Waals surface area contributed by atoms with Gasteiger partial charge in [-0.25, -0.2) is 0 Å². The molecule has 0 N–H and O–H groups in total. The minimum atomic E-state index is 0.744. The van der Waals surface area contributed by atoms with Crippen molar-refractivity contribution in [3.8, 4) is 0 Å². The summed E-state index contributed by atoms with van der Waals surface area (Å²) in [5.74, 6) is 2.35. The van der Waals surface area contributed by atoms with Crippen LogP contribution in [-0.4, -0.2) is 24.0 Å². The Balaban J connectivity index is 2.02. The smallest absolute Gasteiger partial charge is 0.0155 e. The minimum Gasteiger partial charge on any atom is -0.300 e. The maximum absolute atomic E-state index is 2.87. The summed E-state index contributed by atoms with van der Waals surface area (Å²) in [5.41, 5.74) is 1.52. The lowest BCUT2D eigenvalue weighted by Gasteiger charge is -2.46. The number of hydrogen-bond donors (Lipinski definition) is 0. The van der Waals surface area contributed by atoms with Gasteiger partial charge in [-0.3, -0.25) is 4.90 Å². The van der Waals surface area contributed by atoms with Crippen molar-refractivity contribution in [1.29, 1.82) is 0 Å². The van der Waals surface area contributed by atoms with Crippen LogP contribution in [0.4, 0.5) is 0 Å². The summed E-state index contributed by atoms with van der Waals surface area (Å²) in [7, 11) is 0. The Bertz CT molecular complexity index is 452. The number of likely N-dealkylation sites (tertiary alicyclic amines) is 1. The van der Waals surface area contributed by atoms with Crippen molar-refractivity contribution in [2.45, 2.75) is 85.1 Å². The van der Waals surface area contributed by atoms with Crippen LogP contribution >= 0.6 is 0 Å². The van der Waals surface area contributed by atoms with Crippen LogP contribution in [0.2, 0.25) is 0 Å². The van der Waals surface area contributed by atoms with Crippen LogP contribution < -0.4 is 0 Å². The van der Waals surface area contributed by atoms with Crippen LogP contribution in [0, 0.1) is 17.8 Å². The average Bonchev–Trinajstić information content (AvgIpc) is 2.61. The highest BCUT2D eigenvalue weighted by atomic mass is 15.2. The van der Waals surface area contributed by atoms with E-state index in [0.29, 0.717) is 0 Å². The molecule has 1 heteroatoms. The largest absolute Gasteiger partial charge is 0.300 e. The van der Waals surface area contributed by atoms with Gasteiger partial charge in [-0.2, -0.15) is 0 Å². The normalized spacial score (nSPS) is 23.1. The zero-order valence-electron chi connectivity index (χ0n) is 17.2. The molecule has 1 aromatic carbocycles. The molecule has 0 spiro atoms. The number of benzene rings is 1. The highest BCUT2D eigenvalue weighted by Crippen LogP contribution is 2.34. The molecule has 1 nitrogen and oxygen atoms in total. The van der Waals surface area contributed by atoms with Crippen molar-refractivity contribution in [2.24, 2.45) is 17.8 Å². The summed E-state index contributed by atoms with van der Waals surface area (Å²) >= 11 is 0. The SMILES string of the molecule is CCCCCCCN1CCCC(C)C1C(Cc1ccccc1)C(C)C. The van der Waals surface area contributed by atoms with Gasteiger partial charge >= 0.3 is 0 Å². The van der Waals surface area contributed by atoms with Gasteiger partial charge in [0.1, 0.15) is 0 Å². The lowest BCUT2D eigenvalue weighted by molar-refractivity contribution is 0.0374. The van der Waals surface area contributed by atoms with Crippen molar-refractivity contribution < 1.29 is 0 Å². The van der Waals surface area contributed by atoms with E-state index in [-0.39, 0.29) is 0 Å². The van der Waals surface area contributed by atoms with Crippen LogP contribution in [0.1, 0.15) is 78.2 Å². The molecule has 0 saturated carbocycles. The Hall–Kier alpha value is -0.820. The first kappa shape index (κ1) is 20.5. The van der Waals surface area contributed by atoms with E-state index in [2.05, 4.69) is 62.9 Å². The maximum atomic E-state index is 2.87. The van der Waals surface area contributed by atoms with Crippen molar-refractivity contribution >= 4 is 0 Å². The molecule has 1 aromatic rings. The van der Waals surface area contributed by atoms with Gasteiger partial charge in [0.05, 0.1) is 0 Å². The molecule has 142 valence electrons. The van der Waals surface area contributed by atoms with Gasteiger partial charge in [0.15, 0.2) is 0 Å². The number of rotatable bonds is 10. The second kappa shape index (κ2) is 11.0. The predicted octanol–water partition coefficient (Wildman–Crippen LogP) is 6.57. The monoisotopic (exact) mass is 343 g/mol. The third-order valence-electron chi connectivity index (χ3n) is 6.27. The lowest BCUT2D eigenvalue weighted by atomic mass is 9.74. The quantitative estimate of drug-likeness (QED) is 0.434. The third-order valence-corrected chi connectivity index (χ3v) is 6.27. The fraction of sp³-hybridized carbons (Fsp3) is 0.750. The van der Waals surface area contributed by atoms with E-state index in [1.54, 1.807) is 0 Å². The summed E-state index contributed by atoms with van der Waals surface area (Å²) in [6.45, 7) is 12.3. The second-order valence-corrected chi connectivity index (χ2v) is 8.66. The standard InChI is InChI=1S/C24H41N/c1-5-6-7-8-12-17-25-18-13-14-21(4)24(25)23(20(2)3)19-22-15-10-9-11-16-22/h9-11,15-16,20-21,23-24H,5-8,12-14,17-19H2,1-4H3. The number of unbranched alkanes of at least 4 members (excludes halogenated alkanes) is 4. The average molecular weight is 344 g/mol. The van der Waals surface area contributed by atoms with Gasteiger partial charge < -0.3 is 0 Å². The Kier molecular flexibility index (Phi) is 9.03. The van der Waals surface area contributed by atoms with E-state index in [0.717, 1.165) is 23.8 Å². The molecule has 0 aliphatic carbocycles. The topological polar surface area (TPSA) is 3.24 Å². The first-order valence-corrected chi connectivity index (χ1v) is 10.9. The molecule has 1 heterocycles. The second-order valence-electron chi connectivity index (χ2n) is 8.66. The molecule has 25 heavy (non-hydrogen) atoms. The molecule has 2 rings (SSSR count). The van der Waals surface area contributed by atoms with Crippen LogP contribution in [0.5, 0.6) is 0 Å². The first-order valence-electron chi connectivity index (χ1n) is 10.9. The molecule has 0 bridgehead atoms. The molecular weight excluding hydrogens is 302 g/mol. The summed E-state index contributed by atoms with van der Waals surface area (Å²) in [6, 6.07) is 11.9. The molecule has 0 amide bonds. The van der Waals surface area contributed by atoms with Gasteiger partial charge in [-0.1, -0.05) is 83.7 Å². The van der Waals surface area contributed by atoms with E-state index in [1.807, 2.05) is 0 Å². The Morgan fingerprint density at radius 1 is 1.04 bits per heavy atom. The maximum Gasteiger partial charge on any atom is 0.0155 e. The van der Waals surface area contributed by atoms with Gasteiger partial charge in [0.25, 0.3) is 0 Å². The summed E-state index contributed by atoms with van der Waals surface area (Å²) in [5, 5.41) is 0. The van der Waals surface area contributed by atoms with Gasteiger partial charge in [0.2, 0.25) is 0 Å². The molecule has 1 fully saturated rings. The predicted molar refractivity (Wildman–Crippen MR) is 111 cm³/mol. The zero-order chi connectivity index (χ0) is 18.1. The fourth-order valence-corrected chi connectivity index (χ4v) is 4.81. The van der Waals surface area contributed by atoms with Crippen molar-refractivity contribution in [3.63, 3.8) is 0 Å². The number of piperidine rings is 1. The third kappa shape index (κ3) is 6.44. The van der Waals surface area contributed by atoms with E-state index in [4.69, 9.17) is 0 Å². The summed E-state index contributed by atoms with van der Waals surface area (Å²) in [4.78, 5) is 2.87. The molecule has 1 saturated heterocycles. The Labute approximate surface area is 157 Å². The van der Waals surface area contributed by atoms with Gasteiger partial charge in [0, 0.05) is 6.04 Å². The van der Waals surface area contributed by atoms with E-state index < -0.39 is 0 Å². The number of hydrogen-bond acceptors (Lipinski definition) is 1. The lowest BCUT2D eigenvalue weighted by Crippen LogP contribution is -2.50. The molecular formula is C24H41N. The fourth-order valence-electron chi connectivity index (χ4n) is 4.81.